The first-order valence-electron chi connectivity index (χ1n) is 4.77. The first kappa shape index (κ1) is 12.9. The average molecular weight is 252 g/mol. The van der Waals surface area contributed by atoms with Crippen molar-refractivity contribution >= 4 is 34.4 Å². The molecular formula is C11H12N2OS2. The van der Waals surface area contributed by atoms with Crippen LogP contribution in [-0.2, 0) is 4.74 Å². The molecule has 0 aromatic heterocycles. The number of hydrogen-bond donors (Lipinski definition) is 0. The fourth-order valence-electron chi connectivity index (χ4n) is 0.944. The number of hydrogen-bond acceptors (Lipinski definition) is 5. The number of ether oxygens (including phenoxy) is 1. The van der Waals surface area contributed by atoms with E-state index >= 15 is 0 Å². The van der Waals surface area contributed by atoms with Crippen LogP contribution in [0, 0.1) is 10.7 Å². The Morgan fingerprint density at radius 2 is 2.19 bits per heavy atom. The summed E-state index contributed by atoms with van der Waals surface area (Å²) in [6.45, 7) is 2.49. The van der Waals surface area contributed by atoms with Crippen molar-refractivity contribution in [1.29, 1.82) is 5.26 Å². The topological polar surface area (TPSA) is 45.4 Å². The van der Waals surface area contributed by atoms with Crippen LogP contribution in [0.25, 0.3) is 0 Å². The minimum Gasteiger partial charge on any atom is -0.473 e. The third-order valence-corrected chi connectivity index (χ3v) is 3.08. The third kappa shape index (κ3) is 5.10. The number of nitriles is 1. The van der Waals surface area contributed by atoms with Crippen molar-refractivity contribution in [3.05, 3.63) is 30.3 Å². The zero-order valence-corrected chi connectivity index (χ0v) is 10.6. The minimum absolute atomic E-state index is 0.579. The molecule has 0 atom stereocenters. The van der Waals surface area contributed by atoms with Crippen LogP contribution in [0.5, 0.6) is 0 Å². The standard InChI is InChI=1S/C11H12N2OS2/c1-2-14-11(16-9-15-8-12)13-10-6-4-3-5-7-10/h3-7H,2,9H2,1H3. The van der Waals surface area contributed by atoms with Crippen molar-refractivity contribution in [2.45, 2.75) is 6.92 Å². The second kappa shape index (κ2) is 8.08. The Labute approximate surface area is 104 Å². The van der Waals surface area contributed by atoms with Crippen molar-refractivity contribution in [1.82, 2.24) is 0 Å². The first-order chi connectivity index (χ1) is 7.86. The van der Waals surface area contributed by atoms with Gasteiger partial charge in [0.05, 0.1) is 17.4 Å². The van der Waals surface area contributed by atoms with Gasteiger partial charge in [0.2, 0.25) is 0 Å². The Kier molecular flexibility index (Phi) is 6.54. The van der Waals surface area contributed by atoms with Gasteiger partial charge in [0, 0.05) is 0 Å². The van der Waals surface area contributed by atoms with E-state index in [0.29, 0.717) is 16.9 Å². The Morgan fingerprint density at radius 3 is 2.81 bits per heavy atom. The second-order valence-corrected chi connectivity index (χ2v) is 4.70. The summed E-state index contributed by atoms with van der Waals surface area (Å²) >= 11 is 2.61. The van der Waals surface area contributed by atoms with Gasteiger partial charge in [-0.05, 0) is 30.8 Å². The maximum atomic E-state index is 8.42. The fourth-order valence-corrected chi connectivity index (χ4v) is 2.16. The Balaban J connectivity index is 2.62. The molecule has 1 rings (SSSR count). The highest BCUT2D eigenvalue weighted by Crippen LogP contribution is 2.18. The summed E-state index contributed by atoms with van der Waals surface area (Å²) in [6.07, 6.45) is 0. The molecule has 0 amide bonds. The van der Waals surface area contributed by atoms with Gasteiger partial charge in [0.1, 0.15) is 5.40 Å². The monoisotopic (exact) mass is 252 g/mol. The lowest BCUT2D eigenvalue weighted by molar-refractivity contribution is 0.338. The van der Waals surface area contributed by atoms with E-state index in [9.17, 15) is 0 Å². The highest BCUT2D eigenvalue weighted by Gasteiger charge is 2.01. The van der Waals surface area contributed by atoms with Crippen molar-refractivity contribution in [2.24, 2.45) is 4.99 Å². The largest absolute Gasteiger partial charge is 0.473 e. The van der Waals surface area contributed by atoms with Crippen molar-refractivity contribution < 1.29 is 4.74 Å². The number of thioether (sulfide) groups is 2. The van der Waals surface area contributed by atoms with E-state index in [1.807, 2.05) is 42.7 Å². The molecule has 84 valence electrons. The molecule has 1 aromatic rings. The predicted octanol–water partition coefficient (Wildman–Crippen LogP) is 3.62. The van der Waals surface area contributed by atoms with E-state index in [4.69, 9.17) is 10.00 Å². The minimum atomic E-state index is 0.579. The van der Waals surface area contributed by atoms with E-state index in [1.165, 1.54) is 23.5 Å². The highest BCUT2D eigenvalue weighted by atomic mass is 32.2. The molecule has 0 N–H and O–H groups in total. The maximum absolute atomic E-state index is 8.42. The number of thiocyanates is 1. The lowest BCUT2D eigenvalue weighted by atomic mass is 10.3. The summed E-state index contributed by atoms with van der Waals surface area (Å²) in [7, 11) is 0. The molecule has 0 saturated carbocycles. The van der Waals surface area contributed by atoms with E-state index in [2.05, 4.69) is 4.99 Å². The fraction of sp³-hybridized carbons (Fsp3) is 0.273. The Bertz CT molecular complexity index is 373. The molecule has 16 heavy (non-hydrogen) atoms. The molecule has 0 heterocycles. The van der Waals surface area contributed by atoms with E-state index in [1.54, 1.807) is 0 Å². The van der Waals surface area contributed by atoms with Gasteiger partial charge in [-0.25, -0.2) is 4.99 Å². The number of aliphatic imine (C=N–C) groups is 1. The summed E-state index contributed by atoms with van der Waals surface area (Å²) in [5, 5.41) is 11.7. The van der Waals surface area contributed by atoms with Gasteiger partial charge in [-0.3, -0.25) is 0 Å². The predicted molar refractivity (Wildman–Crippen MR) is 70.8 cm³/mol. The second-order valence-electron chi connectivity index (χ2n) is 2.64. The summed E-state index contributed by atoms with van der Waals surface area (Å²) in [5.41, 5.74) is 0.861. The van der Waals surface area contributed by atoms with Crippen LogP contribution in [0.3, 0.4) is 0 Å². The van der Waals surface area contributed by atoms with Crippen molar-refractivity contribution in [3.8, 4) is 5.40 Å². The average Bonchev–Trinajstić information content (AvgIpc) is 2.31. The number of para-hydroxylation sites is 1. The molecule has 0 unspecified atom stereocenters. The SMILES string of the molecule is CCOC(=Nc1ccccc1)SCSC#N. The van der Waals surface area contributed by atoms with E-state index < -0.39 is 0 Å². The zero-order valence-electron chi connectivity index (χ0n) is 8.92. The highest BCUT2D eigenvalue weighted by molar-refractivity contribution is 8.25. The summed E-state index contributed by atoms with van der Waals surface area (Å²) in [6, 6.07) is 9.63. The summed E-state index contributed by atoms with van der Waals surface area (Å²) < 4.78 is 5.38. The van der Waals surface area contributed by atoms with Gasteiger partial charge in [-0.15, -0.1) is 0 Å². The molecule has 0 fully saturated rings. The van der Waals surface area contributed by atoms with Crippen molar-refractivity contribution in [2.75, 3.05) is 11.7 Å². The van der Waals surface area contributed by atoms with Gasteiger partial charge in [-0.2, -0.15) is 5.26 Å². The van der Waals surface area contributed by atoms with Gasteiger partial charge in [0.15, 0.2) is 0 Å². The molecule has 0 aliphatic heterocycles. The molecule has 0 spiro atoms. The van der Waals surface area contributed by atoms with Gasteiger partial charge in [-0.1, -0.05) is 30.0 Å². The van der Waals surface area contributed by atoms with Crippen LogP contribution in [0.2, 0.25) is 0 Å². The van der Waals surface area contributed by atoms with Gasteiger partial charge in [0.25, 0.3) is 5.23 Å². The third-order valence-electron chi connectivity index (χ3n) is 1.55. The molecule has 0 radical (unpaired) electrons. The molecule has 5 heteroatoms. The van der Waals surface area contributed by atoms with Crippen LogP contribution >= 0.6 is 23.5 Å². The summed E-state index contributed by atoms with van der Waals surface area (Å²) in [5.74, 6) is 0. The van der Waals surface area contributed by atoms with Crippen LogP contribution in [0.15, 0.2) is 35.3 Å². The van der Waals surface area contributed by atoms with Crippen LogP contribution in [0.1, 0.15) is 6.92 Å². The van der Waals surface area contributed by atoms with Gasteiger partial charge >= 0.3 is 0 Å². The number of rotatable bonds is 4. The first-order valence-corrected chi connectivity index (χ1v) is 6.74. The molecule has 0 bridgehead atoms. The van der Waals surface area contributed by atoms with Crippen LogP contribution in [0.4, 0.5) is 5.69 Å². The lowest BCUT2D eigenvalue weighted by Crippen LogP contribution is -1.99. The zero-order chi connectivity index (χ0) is 11.6. The summed E-state index contributed by atoms with van der Waals surface area (Å²) in [4.78, 5) is 4.35. The molecule has 1 aromatic carbocycles. The van der Waals surface area contributed by atoms with Crippen LogP contribution < -0.4 is 0 Å². The molecule has 3 nitrogen and oxygen atoms in total. The van der Waals surface area contributed by atoms with Gasteiger partial charge < -0.3 is 4.74 Å². The number of nitrogens with zero attached hydrogens (tertiary/aromatic N) is 2. The lowest BCUT2D eigenvalue weighted by Gasteiger charge is -2.04. The smallest absolute Gasteiger partial charge is 0.251 e. The normalized spacial score (nSPS) is 10.9. The van der Waals surface area contributed by atoms with Crippen molar-refractivity contribution in [3.63, 3.8) is 0 Å². The Morgan fingerprint density at radius 1 is 1.44 bits per heavy atom. The molecular weight excluding hydrogens is 240 g/mol. The van der Waals surface area contributed by atoms with Crippen LogP contribution in [-0.4, -0.2) is 16.9 Å². The molecule has 0 aliphatic carbocycles. The Hall–Kier alpha value is -1.12. The number of benzene rings is 1. The quantitative estimate of drug-likeness (QED) is 0.270. The molecule has 0 saturated heterocycles. The van der Waals surface area contributed by atoms with E-state index in [0.717, 1.165) is 5.69 Å². The van der Waals surface area contributed by atoms with E-state index in [-0.39, 0.29) is 0 Å². The molecule has 0 aliphatic rings. The maximum Gasteiger partial charge on any atom is 0.251 e.